The Labute approximate surface area is 269 Å². The quantitative estimate of drug-likeness (QED) is 0.174. The Kier molecular flexibility index (Phi) is 6.44. The van der Waals surface area contributed by atoms with Crippen molar-refractivity contribution in [2.75, 3.05) is 0 Å². The lowest BCUT2D eigenvalue weighted by Gasteiger charge is -2.46. The summed E-state index contributed by atoms with van der Waals surface area (Å²) in [7, 11) is 0. The fraction of sp³-hybridized carbons (Fsp3) is 0.395. The molecule has 2 aromatic heterocycles. The van der Waals surface area contributed by atoms with Crippen LogP contribution in [0.1, 0.15) is 101 Å². The molecule has 0 saturated carbocycles. The van der Waals surface area contributed by atoms with Crippen LogP contribution in [0.2, 0.25) is 0 Å². The number of benzene rings is 3. The van der Waals surface area contributed by atoms with Gasteiger partial charge in [-0.2, -0.15) is 9.13 Å². The van der Waals surface area contributed by atoms with E-state index in [1.807, 2.05) is 0 Å². The molecule has 1 aliphatic carbocycles. The first-order valence-electron chi connectivity index (χ1n) is 17.6. The minimum absolute atomic E-state index is 0.0623. The van der Waals surface area contributed by atoms with Crippen LogP contribution in [0.4, 0.5) is 0 Å². The van der Waals surface area contributed by atoms with Gasteiger partial charge in [-0.15, -0.1) is 0 Å². The minimum Gasteiger partial charge on any atom is -0.190 e. The maximum atomic E-state index is 2.72. The topological polar surface area (TPSA) is 7.76 Å². The number of aryl methyl sites for hydroxylation is 2. The second kappa shape index (κ2) is 10.1. The predicted octanol–water partition coefficient (Wildman–Crippen LogP) is 9.32. The highest BCUT2D eigenvalue weighted by atomic mass is 15.2. The van der Waals surface area contributed by atoms with Gasteiger partial charge in [0.05, 0.1) is 16.4 Å². The Morgan fingerprint density at radius 2 is 1.58 bits per heavy atom. The standard InChI is InChI=1S/C43H48N2/c1-7-11-15-30-24-31-21-23-44-28-43(27-32-20-19-29(8-2)25-33(32)37-18-12-13-22-45(37)43)42(9-3,10-4)35-17-14-16-34-39(35)40(44)38(31)36(26-30)41(34,5)6/h12-14,16-26H,7-11,15,27-28H2,1-6H3/q+2. The van der Waals surface area contributed by atoms with Crippen molar-refractivity contribution in [2.45, 2.75) is 109 Å². The molecular weight excluding hydrogens is 544 g/mol. The molecule has 3 aliphatic rings. The molecule has 2 nitrogen and oxygen atoms in total. The van der Waals surface area contributed by atoms with Crippen molar-refractivity contribution in [1.82, 2.24) is 0 Å². The fourth-order valence-corrected chi connectivity index (χ4v) is 9.98. The normalized spacial score (nSPS) is 19.7. The smallest absolute Gasteiger partial charge is 0.190 e. The summed E-state index contributed by atoms with van der Waals surface area (Å²) in [5.41, 5.74) is 14.4. The van der Waals surface area contributed by atoms with E-state index >= 15 is 0 Å². The lowest BCUT2D eigenvalue weighted by Crippen LogP contribution is -2.74. The monoisotopic (exact) mass is 592 g/mol. The number of unbranched alkanes of at least 4 members (excludes halogenated alkanes) is 1. The molecule has 5 aromatic rings. The van der Waals surface area contributed by atoms with E-state index in [1.165, 1.54) is 73.9 Å². The van der Waals surface area contributed by atoms with Gasteiger partial charge in [0.2, 0.25) is 23.5 Å². The first kappa shape index (κ1) is 28.7. The molecule has 3 aromatic carbocycles. The summed E-state index contributed by atoms with van der Waals surface area (Å²) in [6.07, 6.45) is 12.7. The molecule has 0 amide bonds. The van der Waals surface area contributed by atoms with Gasteiger partial charge in [-0.1, -0.05) is 90.4 Å². The molecule has 2 aliphatic heterocycles. The highest BCUT2D eigenvalue weighted by molar-refractivity contribution is 6.01. The Balaban J connectivity index is 1.50. The summed E-state index contributed by atoms with van der Waals surface area (Å²) in [6.45, 7) is 15.4. The average molecular weight is 593 g/mol. The summed E-state index contributed by atoms with van der Waals surface area (Å²) in [5.74, 6) is 0. The van der Waals surface area contributed by atoms with E-state index in [0.717, 1.165) is 38.6 Å². The van der Waals surface area contributed by atoms with Gasteiger partial charge in [0.25, 0.3) is 0 Å². The fourth-order valence-electron chi connectivity index (χ4n) is 9.98. The maximum Gasteiger partial charge on any atom is 0.239 e. The predicted molar refractivity (Wildman–Crippen MR) is 186 cm³/mol. The van der Waals surface area contributed by atoms with Gasteiger partial charge >= 0.3 is 0 Å². The molecule has 1 unspecified atom stereocenters. The summed E-state index contributed by atoms with van der Waals surface area (Å²) in [5, 5.41) is 2.88. The van der Waals surface area contributed by atoms with Crippen molar-refractivity contribution >= 4 is 10.8 Å². The number of nitrogens with zero attached hydrogens (tertiary/aromatic N) is 2. The molecule has 8 rings (SSSR count). The largest absolute Gasteiger partial charge is 0.239 e. The molecule has 1 atom stereocenters. The summed E-state index contributed by atoms with van der Waals surface area (Å²) in [6, 6.07) is 29.0. The molecule has 4 heterocycles. The van der Waals surface area contributed by atoms with Crippen molar-refractivity contribution in [3.05, 3.63) is 119 Å². The van der Waals surface area contributed by atoms with Crippen LogP contribution >= 0.6 is 0 Å². The molecule has 228 valence electrons. The molecule has 0 bridgehead atoms. The van der Waals surface area contributed by atoms with Crippen LogP contribution in [-0.2, 0) is 42.2 Å². The van der Waals surface area contributed by atoms with E-state index in [1.54, 1.807) is 5.56 Å². The van der Waals surface area contributed by atoms with E-state index < -0.39 is 0 Å². The van der Waals surface area contributed by atoms with E-state index in [9.17, 15) is 0 Å². The van der Waals surface area contributed by atoms with Crippen LogP contribution in [0, 0.1) is 0 Å². The van der Waals surface area contributed by atoms with Crippen LogP contribution in [-0.4, -0.2) is 0 Å². The van der Waals surface area contributed by atoms with Crippen LogP contribution in [0.25, 0.3) is 33.3 Å². The zero-order valence-electron chi connectivity index (χ0n) is 28.1. The molecule has 0 N–H and O–H groups in total. The van der Waals surface area contributed by atoms with Crippen LogP contribution in [0.15, 0.2) is 85.2 Å². The van der Waals surface area contributed by atoms with Crippen molar-refractivity contribution in [1.29, 1.82) is 0 Å². The van der Waals surface area contributed by atoms with E-state index in [2.05, 4.69) is 136 Å². The third-order valence-corrected chi connectivity index (χ3v) is 12.4. The Bertz CT molecular complexity index is 1990. The van der Waals surface area contributed by atoms with Crippen molar-refractivity contribution in [3.8, 4) is 22.5 Å². The van der Waals surface area contributed by atoms with Gasteiger partial charge in [-0.25, -0.2) is 0 Å². The van der Waals surface area contributed by atoms with Gasteiger partial charge in [-0.3, -0.25) is 0 Å². The third-order valence-electron chi connectivity index (χ3n) is 12.4. The van der Waals surface area contributed by atoms with Crippen LogP contribution in [0.3, 0.4) is 0 Å². The number of pyridine rings is 2. The van der Waals surface area contributed by atoms with Gasteiger partial charge < -0.3 is 0 Å². The van der Waals surface area contributed by atoms with Crippen LogP contribution < -0.4 is 9.13 Å². The first-order chi connectivity index (χ1) is 21.8. The van der Waals surface area contributed by atoms with E-state index in [4.69, 9.17) is 0 Å². The second-order valence-corrected chi connectivity index (χ2v) is 14.7. The second-order valence-electron chi connectivity index (χ2n) is 14.7. The Morgan fingerprint density at radius 3 is 2.36 bits per heavy atom. The number of hydrogen-bond acceptors (Lipinski definition) is 0. The molecular formula is C43H48N2+2. The molecule has 45 heavy (non-hydrogen) atoms. The van der Waals surface area contributed by atoms with Crippen molar-refractivity contribution in [3.63, 3.8) is 0 Å². The highest BCUT2D eigenvalue weighted by Crippen LogP contribution is 2.57. The van der Waals surface area contributed by atoms with Gasteiger partial charge in [-0.05, 0) is 83.0 Å². The van der Waals surface area contributed by atoms with E-state index in [-0.39, 0.29) is 16.4 Å². The number of aromatic nitrogens is 2. The molecule has 1 spiro atoms. The average Bonchev–Trinajstić information content (AvgIpc) is 3.17. The van der Waals surface area contributed by atoms with Gasteiger partial charge in [0, 0.05) is 35.6 Å². The lowest BCUT2D eigenvalue weighted by atomic mass is 9.56. The molecule has 2 heteroatoms. The zero-order chi connectivity index (χ0) is 31.1. The van der Waals surface area contributed by atoms with Gasteiger partial charge in [0.15, 0.2) is 12.4 Å². The highest BCUT2D eigenvalue weighted by Gasteiger charge is 2.66. The Hall–Kier alpha value is -3.78. The lowest BCUT2D eigenvalue weighted by molar-refractivity contribution is -0.831. The summed E-state index contributed by atoms with van der Waals surface area (Å²) >= 11 is 0. The minimum atomic E-state index is -0.166. The third kappa shape index (κ3) is 3.69. The molecule has 0 saturated heterocycles. The first-order valence-corrected chi connectivity index (χ1v) is 17.6. The van der Waals surface area contributed by atoms with Gasteiger partial charge in [0.1, 0.15) is 0 Å². The maximum absolute atomic E-state index is 2.72. The number of fused-ring (bicyclic) bond motifs is 4. The summed E-state index contributed by atoms with van der Waals surface area (Å²) in [4.78, 5) is 0. The Morgan fingerprint density at radius 1 is 0.756 bits per heavy atom. The van der Waals surface area contributed by atoms with Crippen molar-refractivity contribution < 1.29 is 9.13 Å². The number of rotatable bonds is 6. The molecule has 0 radical (unpaired) electrons. The molecule has 0 fully saturated rings. The SMILES string of the molecule is CCCCc1cc2c3c4[n+](ccc3c1)CC1(Cc3ccc(CC)cc3-c3cccc[n+]31)C(CC)(CC)c1cccc(c1-4)C2(C)C. The number of hydrogen-bond donors (Lipinski definition) is 0. The zero-order valence-corrected chi connectivity index (χ0v) is 28.1. The van der Waals surface area contributed by atoms with E-state index in [0.29, 0.717) is 0 Å². The van der Waals surface area contributed by atoms with Crippen molar-refractivity contribution in [2.24, 2.45) is 0 Å². The van der Waals surface area contributed by atoms with Crippen LogP contribution in [0.5, 0.6) is 0 Å². The summed E-state index contributed by atoms with van der Waals surface area (Å²) < 4.78 is 5.40.